The Morgan fingerprint density at radius 2 is 1.64 bits per heavy atom. The number of fused-ring (bicyclic) bond motifs is 7. The highest BCUT2D eigenvalue weighted by Gasteiger charge is 2.58. The van der Waals surface area contributed by atoms with Gasteiger partial charge in [-0.25, -0.2) is 0 Å². The fourth-order valence-corrected chi connectivity index (χ4v) is 5.85. The van der Waals surface area contributed by atoms with E-state index in [4.69, 9.17) is 0 Å². The summed E-state index contributed by atoms with van der Waals surface area (Å²) < 4.78 is 0. The molecule has 0 aromatic carbocycles. The summed E-state index contributed by atoms with van der Waals surface area (Å²) in [7, 11) is 0. The normalized spacial score (nSPS) is 42.7. The van der Waals surface area contributed by atoms with Crippen molar-refractivity contribution in [3.63, 3.8) is 0 Å². The lowest BCUT2D eigenvalue weighted by molar-refractivity contribution is -0.140. The summed E-state index contributed by atoms with van der Waals surface area (Å²) >= 11 is 0. The van der Waals surface area contributed by atoms with Crippen LogP contribution in [0.2, 0.25) is 0 Å². The third kappa shape index (κ3) is 2.24. The van der Waals surface area contributed by atoms with Crippen LogP contribution < -0.4 is 5.32 Å². The predicted octanol–water partition coefficient (Wildman–Crippen LogP) is 1.51. The van der Waals surface area contributed by atoms with E-state index in [1.807, 2.05) is 0 Å². The minimum Gasteiger partial charge on any atom is -0.356 e. The number of nitrogens with one attached hydrogen (secondary N) is 1. The average Bonchev–Trinajstić information content (AvgIpc) is 3.40. The molecule has 5 rings (SSSR count). The number of nitrogens with zero attached hydrogens (tertiary/aromatic N) is 1. The summed E-state index contributed by atoms with van der Waals surface area (Å²) in [6, 6.07) is 0. The van der Waals surface area contributed by atoms with Crippen molar-refractivity contribution in [1.29, 1.82) is 0 Å². The van der Waals surface area contributed by atoms with E-state index in [-0.39, 0.29) is 47.3 Å². The zero-order valence-electron chi connectivity index (χ0n) is 14.3. The topological polar surface area (TPSA) is 66.5 Å². The van der Waals surface area contributed by atoms with Crippen molar-refractivity contribution in [2.75, 3.05) is 13.1 Å². The molecule has 0 aromatic heterocycles. The lowest BCUT2D eigenvalue weighted by Gasteiger charge is -2.19. The first-order valence-corrected chi connectivity index (χ1v) is 9.63. The zero-order valence-corrected chi connectivity index (χ0v) is 14.3. The Labute approximate surface area is 147 Å². The number of carbonyl (C=O) groups excluding carboxylic acids is 3. The van der Waals surface area contributed by atoms with E-state index in [9.17, 15) is 14.4 Å². The van der Waals surface area contributed by atoms with Gasteiger partial charge in [-0.3, -0.25) is 19.3 Å². The molecule has 0 spiro atoms. The molecule has 4 bridgehead atoms. The molecule has 2 saturated carbocycles. The van der Waals surface area contributed by atoms with Gasteiger partial charge in [0, 0.05) is 19.0 Å². The Kier molecular flexibility index (Phi) is 3.41. The van der Waals surface area contributed by atoms with E-state index >= 15 is 0 Å². The van der Waals surface area contributed by atoms with Gasteiger partial charge in [-0.2, -0.15) is 0 Å². The van der Waals surface area contributed by atoms with Gasteiger partial charge in [-0.1, -0.05) is 24.3 Å². The van der Waals surface area contributed by atoms with Crippen molar-refractivity contribution in [2.24, 2.45) is 41.4 Å². The first-order chi connectivity index (χ1) is 12.1. The van der Waals surface area contributed by atoms with Crippen molar-refractivity contribution < 1.29 is 14.4 Å². The van der Waals surface area contributed by atoms with E-state index in [2.05, 4.69) is 29.6 Å². The van der Waals surface area contributed by atoms with E-state index in [0.717, 1.165) is 19.3 Å². The maximum atomic E-state index is 12.6. The second kappa shape index (κ2) is 5.55. The molecule has 7 atom stereocenters. The molecule has 1 heterocycles. The summed E-state index contributed by atoms with van der Waals surface area (Å²) in [6.07, 6.45) is 12.3. The minimum atomic E-state index is -0.113. The number of hydrogen-bond donors (Lipinski definition) is 1. The van der Waals surface area contributed by atoms with Crippen LogP contribution in [0.3, 0.4) is 0 Å². The molecular formula is C20H24N2O3. The van der Waals surface area contributed by atoms with Crippen LogP contribution in [0.25, 0.3) is 0 Å². The van der Waals surface area contributed by atoms with Crippen LogP contribution in [0, 0.1) is 41.4 Å². The van der Waals surface area contributed by atoms with Gasteiger partial charge in [0.05, 0.1) is 11.8 Å². The number of imide groups is 1. The molecule has 5 heteroatoms. The van der Waals surface area contributed by atoms with Crippen LogP contribution >= 0.6 is 0 Å². The highest BCUT2D eigenvalue weighted by molar-refractivity contribution is 6.06. The van der Waals surface area contributed by atoms with Gasteiger partial charge < -0.3 is 5.32 Å². The standard InChI is InChI=1S/C20H24N2O3/c23-18(15-9-11-2-3-12(15)8-11)21-6-1-7-22-19(24)16-13-4-5-14(10-13)17(16)20(22)25/h2-5,11-17H,1,6-10H2,(H,21,23)/t11-,12-,13-,14-,15-,16+,17+/m0/s1. The molecule has 5 nitrogen and oxygen atoms in total. The number of likely N-dealkylation sites (tertiary alicyclic amines) is 1. The quantitative estimate of drug-likeness (QED) is 0.469. The third-order valence-electron chi connectivity index (χ3n) is 7.04. The van der Waals surface area contributed by atoms with Crippen LogP contribution in [0.4, 0.5) is 0 Å². The largest absolute Gasteiger partial charge is 0.356 e. The van der Waals surface area contributed by atoms with Crippen molar-refractivity contribution >= 4 is 17.7 Å². The molecule has 132 valence electrons. The summed E-state index contributed by atoms with van der Waals surface area (Å²) in [4.78, 5) is 38.9. The maximum Gasteiger partial charge on any atom is 0.233 e. The van der Waals surface area contributed by atoms with Crippen LogP contribution in [0.1, 0.15) is 25.7 Å². The molecule has 1 saturated heterocycles. The van der Waals surface area contributed by atoms with Crippen LogP contribution in [-0.4, -0.2) is 35.7 Å². The summed E-state index contributed by atoms with van der Waals surface area (Å²) in [5.74, 6) is 1.58. The first-order valence-electron chi connectivity index (χ1n) is 9.63. The van der Waals surface area contributed by atoms with E-state index in [1.54, 1.807) is 0 Å². The van der Waals surface area contributed by atoms with Gasteiger partial charge in [0.15, 0.2) is 0 Å². The Bertz CT molecular complexity index is 667. The highest BCUT2D eigenvalue weighted by atomic mass is 16.2. The van der Waals surface area contributed by atoms with Gasteiger partial charge in [-0.15, -0.1) is 0 Å². The van der Waals surface area contributed by atoms with Gasteiger partial charge in [0.25, 0.3) is 0 Å². The molecule has 25 heavy (non-hydrogen) atoms. The Morgan fingerprint density at radius 3 is 2.24 bits per heavy atom. The number of amides is 3. The van der Waals surface area contributed by atoms with Crippen LogP contribution in [-0.2, 0) is 14.4 Å². The molecule has 1 N–H and O–H groups in total. The molecule has 0 unspecified atom stereocenters. The predicted molar refractivity (Wildman–Crippen MR) is 90.9 cm³/mol. The number of hydrogen-bond acceptors (Lipinski definition) is 3. The Hall–Kier alpha value is -1.91. The molecule has 3 fully saturated rings. The van der Waals surface area contributed by atoms with Crippen LogP contribution in [0.15, 0.2) is 24.3 Å². The zero-order chi connectivity index (χ0) is 17.1. The molecule has 3 amide bonds. The second-order valence-electron chi connectivity index (χ2n) is 8.36. The molecule has 0 aromatic rings. The SMILES string of the molecule is O=C(NCCCN1C(=O)[C@H]2[C@H](C1=O)[C@H]1C=C[C@H]2C1)[C@H]1C[C@H]2C=C[C@H]1C2. The van der Waals surface area contributed by atoms with Crippen molar-refractivity contribution in [3.05, 3.63) is 24.3 Å². The molecular weight excluding hydrogens is 316 g/mol. The van der Waals surface area contributed by atoms with Gasteiger partial charge in [-0.05, 0) is 49.4 Å². The summed E-state index contributed by atoms with van der Waals surface area (Å²) in [5, 5.41) is 3.01. The average molecular weight is 340 g/mol. The number of carbonyl (C=O) groups is 3. The van der Waals surface area contributed by atoms with E-state index in [0.29, 0.717) is 31.3 Å². The van der Waals surface area contributed by atoms with Crippen molar-refractivity contribution in [3.8, 4) is 0 Å². The monoisotopic (exact) mass is 340 g/mol. The number of allylic oxidation sites excluding steroid dienone is 4. The highest BCUT2D eigenvalue weighted by Crippen LogP contribution is 2.52. The third-order valence-corrected chi connectivity index (χ3v) is 7.04. The Morgan fingerprint density at radius 1 is 0.960 bits per heavy atom. The van der Waals surface area contributed by atoms with Crippen molar-refractivity contribution in [1.82, 2.24) is 10.2 Å². The van der Waals surface area contributed by atoms with Gasteiger partial charge >= 0.3 is 0 Å². The molecule has 1 aliphatic heterocycles. The van der Waals surface area contributed by atoms with Gasteiger partial charge in [0.1, 0.15) is 0 Å². The van der Waals surface area contributed by atoms with E-state index in [1.165, 1.54) is 4.90 Å². The summed E-state index contributed by atoms with van der Waals surface area (Å²) in [6.45, 7) is 0.967. The van der Waals surface area contributed by atoms with Gasteiger partial charge in [0.2, 0.25) is 17.7 Å². The Balaban J connectivity index is 1.12. The number of rotatable bonds is 5. The molecule has 4 aliphatic carbocycles. The fourth-order valence-electron chi connectivity index (χ4n) is 5.85. The second-order valence-corrected chi connectivity index (χ2v) is 8.36. The molecule has 5 aliphatic rings. The maximum absolute atomic E-state index is 12.6. The molecule has 0 radical (unpaired) electrons. The lowest BCUT2D eigenvalue weighted by Crippen LogP contribution is -2.37. The van der Waals surface area contributed by atoms with Crippen LogP contribution in [0.5, 0.6) is 0 Å². The van der Waals surface area contributed by atoms with E-state index < -0.39 is 0 Å². The van der Waals surface area contributed by atoms with Crippen molar-refractivity contribution in [2.45, 2.75) is 25.7 Å². The fraction of sp³-hybridized carbons (Fsp3) is 0.650. The minimum absolute atomic E-state index is 0.0106. The smallest absolute Gasteiger partial charge is 0.233 e. The summed E-state index contributed by atoms with van der Waals surface area (Å²) in [5.41, 5.74) is 0. The first kappa shape index (κ1) is 15.4. The lowest BCUT2D eigenvalue weighted by atomic mass is 9.85.